The van der Waals surface area contributed by atoms with Crippen molar-refractivity contribution in [1.29, 1.82) is 0 Å². The number of benzene rings is 1. The van der Waals surface area contributed by atoms with Crippen LogP contribution in [0.5, 0.6) is 5.75 Å². The minimum atomic E-state index is -0.814. The van der Waals surface area contributed by atoms with Crippen LogP contribution in [-0.4, -0.2) is 24.7 Å². The number of halogens is 1. The van der Waals surface area contributed by atoms with Crippen LogP contribution in [0.2, 0.25) is 5.02 Å². The zero-order valence-corrected chi connectivity index (χ0v) is 11.1. The molecule has 0 aromatic heterocycles. The third-order valence-corrected chi connectivity index (χ3v) is 3.05. The molecule has 0 amide bonds. The number of rotatable bonds is 7. The molecule has 0 aliphatic rings. The average molecular weight is 272 g/mol. The Labute approximate surface area is 112 Å². The van der Waals surface area contributed by atoms with Crippen molar-refractivity contribution in [3.05, 3.63) is 28.8 Å². The fraction of sp³-hybridized carbons (Fsp3) is 0.462. The van der Waals surface area contributed by atoms with E-state index in [1.165, 1.54) is 0 Å². The van der Waals surface area contributed by atoms with Gasteiger partial charge < -0.3 is 15.6 Å². The quantitative estimate of drug-likeness (QED) is 0.798. The highest BCUT2D eigenvalue weighted by molar-refractivity contribution is 6.30. The number of carboxylic acid groups (broad SMARTS) is 1. The van der Waals surface area contributed by atoms with Crippen molar-refractivity contribution in [2.75, 3.05) is 13.7 Å². The predicted molar refractivity (Wildman–Crippen MR) is 71.1 cm³/mol. The highest BCUT2D eigenvalue weighted by Crippen LogP contribution is 2.26. The second kappa shape index (κ2) is 7.24. The van der Waals surface area contributed by atoms with Crippen molar-refractivity contribution < 1.29 is 14.6 Å². The molecule has 5 heteroatoms. The predicted octanol–water partition coefficient (Wildman–Crippen LogP) is 2.33. The first-order chi connectivity index (χ1) is 8.58. The lowest BCUT2D eigenvalue weighted by molar-refractivity contribution is -0.141. The summed E-state index contributed by atoms with van der Waals surface area (Å²) in [5, 5.41) is 9.76. The summed E-state index contributed by atoms with van der Waals surface area (Å²) in [4.78, 5) is 11.2. The summed E-state index contributed by atoms with van der Waals surface area (Å²) in [6.07, 6.45) is 1.65. The van der Waals surface area contributed by atoms with Crippen molar-refractivity contribution in [3.63, 3.8) is 0 Å². The van der Waals surface area contributed by atoms with Gasteiger partial charge in [0, 0.05) is 5.02 Å². The summed E-state index contributed by atoms with van der Waals surface area (Å²) in [5.41, 5.74) is 6.23. The molecule has 1 aromatic carbocycles. The highest BCUT2D eigenvalue weighted by atomic mass is 35.5. The number of hydrogen-bond donors (Lipinski definition) is 2. The molecule has 0 fully saturated rings. The Kier molecular flexibility index (Phi) is 5.95. The van der Waals surface area contributed by atoms with Gasteiger partial charge in [-0.2, -0.15) is 0 Å². The second-order valence-electron chi connectivity index (χ2n) is 4.13. The van der Waals surface area contributed by atoms with Crippen molar-refractivity contribution in [2.24, 2.45) is 11.7 Å². The molecule has 1 rings (SSSR count). The van der Waals surface area contributed by atoms with E-state index >= 15 is 0 Å². The van der Waals surface area contributed by atoms with Crippen molar-refractivity contribution in [3.8, 4) is 5.75 Å². The van der Waals surface area contributed by atoms with E-state index in [0.29, 0.717) is 36.6 Å². The Morgan fingerprint density at radius 2 is 2.28 bits per heavy atom. The first-order valence-corrected chi connectivity index (χ1v) is 6.21. The van der Waals surface area contributed by atoms with E-state index in [1.54, 1.807) is 25.3 Å². The average Bonchev–Trinajstić information content (AvgIpc) is 2.34. The molecule has 0 saturated carbocycles. The highest BCUT2D eigenvalue weighted by Gasteiger charge is 2.19. The Morgan fingerprint density at radius 1 is 1.56 bits per heavy atom. The molecular formula is C13H18ClNO3. The number of nitrogens with two attached hydrogens (primary N) is 1. The van der Waals surface area contributed by atoms with Crippen LogP contribution in [0.25, 0.3) is 0 Å². The number of aliphatic carboxylic acids is 1. The second-order valence-corrected chi connectivity index (χ2v) is 4.56. The van der Waals surface area contributed by atoms with Gasteiger partial charge in [-0.15, -0.1) is 0 Å². The summed E-state index contributed by atoms with van der Waals surface area (Å²) in [7, 11) is 1.56. The summed E-state index contributed by atoms with van der Waals surface area (Å²) >= 11 is 5.92. The molecule has 1 aromatic rings. The maximum Gasteiger partial charge on any atom is 0.306 e. The minimum absolute atomic E-state index is 0.402. The molecule has 0 bridgehead atoms. The fourth-order valence-electron chi connectivity index (χ4n) is 1.85. The van der Waals surface area contributed by atoms with Crippen LogP contribution in [0.1, 0.15) is 18.4 Å². The van der Waals surface area contributed by atoms with Gasteiger partial charge in [0.2, 0.25) is 0 Å². The van der Waals surface area contributed by atoms with Gasteiger partial charge in [-0.05, 0) is 49.6 Å². The molecule has 100 valence electrons. The normalized spacial score (nSPS) is 12.2. The third-order valence-electron chi connectivity index (χ3n) is 2.81. The summed E-state index contributed by atoms with van der Waals surface area (Å²) in [5.74, 6) is -0.607. The topological polar surface area (TPSA) is 72.5 Å². The first kappa shape index (κ1) is 14.8. The van der Waals surface area contributed by atoms with Gasteiger partial charge in [0.15, 0.2) is 0 Å². The lowest BCUT2D eigenvalue weighted by Crippen LogP contribution is -2.18. The van der Waals surface area contributed by atoms with Gasteiger partial charge in [0.25, 0.3) is 0 Å². The summed E-state index contributed by atoms with van der Waals surface area (Å²) < 4.78 is 5.21. The van der Waals surface area contributed by atoms with Gasteiger partial charge in [-0.1, -0.05) is 11.6 Å². The van der Waals surface area contributed by atoms with E-state index in [1.807, 2.05) is 0 Å². The molecule has 3 N–H and O–H groups in total. The van der Waals surface area contributed by atoms with Crippen molar-refractivity contribution in [2.45, 2.75) is 19.3 Å². The van der Waals surface area contributed by atoms with E-state index in [4.69, 9.17) is 22.1 Å². The number of ether oxygens (including phenoxy) is 1. The van der Waals surface area contributed by atoms with Crippen LogP contribution in [0, 0.1) is 5.92 Å². The van der Waals surface area contributed by atoms with Gasteiger partial charge in [0.05, 0.1) is 13.0 Å². The summed E-state index contributed by atoms with van der Waals surface area (Å²) in [6, 6.07) is 5.22. The fourth-order valence-corrected chi connectivity index (χ4v) is 2.04. The van der Waals surface area contributed by atoms with Crippen molar-refractivity contribution in [1.82, 2.24) is 0 Å². The van der Waals surface area contributed by atoms with E-state index in [9.17, 15) is 9.90 Å². The van der Waals surface area contributed by atoms with Crippen LogP contribution < -0.4 is 10.5 Å². The largest absolute Gasteiger partial charge is 0.496 e. The van der Waals surface area contributed by atoms with Crippen LogP contribution in [-0.2, 0) is 11.2 Å². The molecule has 0 saturated heterocycles. The maximum atomic E-state index is 11.2. The monoisotopic (exact) mass is 271 g/mol. The Bertz CT molecular complexity index is 409. The van der Waals surface area contributed by atoms with Gasteiger partial charge in [0.1, 0.15) is 5.75 Å². The van der Waals surface area contributed by atoms with Crippen LogP contribution in [0.3, 0.4) is 0 Å². The Balaban J connectivity index is 2.85. The molecule has 0 aliphatic carbocycles. The molecule has 0 spiro atoms. The minimum Gasteiger partial charge on any atom is -0.496 e. The number of carbonyl (C=O) groups is 1. The smallest absolute Gasteiger partial charge is 0.306 e. The third kappa shape index (κ3) is 4.20. The van der Waals surface area contributed by atoms with E-state index < -0.39 is 11.9 Å². The Morgan fingerprint density at radius 3 is 2.83 bits per heavy atom. The standard InChI is InChI=1S/C13H18ClNO3/c1-18-12-5-4-11(14)8-10(12)7-9(13(16)17)3-2-6-15/h4-5,8-9H,2-3,6-7,15H2,1H3,(H,16,17). The van der Waals surface area contributed by atoms with Crippen LogP contribution in [0.4, 0.5) is 0 Å². The lowest BCUT2D eigenvalue weighted by Gasteiger charge is -2.14. The van der Waals surface area contributed by atoms with Gasteiger partial charge in [-0.25, -0.2) is 0 Å². The molecule has 1 unspecified atom stereocenters. The van der Waals surface area contributed by atoms with Crippen molar-refractivity contribution >= 4 is 17.6 Å². The molecule has 1 atom stereocenters. The zero-order valence-electron chi connectivity index (χ0n) is 10.4. The molecule has 18 heavy (non-hydrogen) atoms. The molecule has 0 aliphatic heterocycles. The zero-order chi connectivity index (χ0) is 13.5. The summed E-state index contributed by atoms with van der Waals surface area (Å²) in [6.45, 7) is 0.496. The van der Waals surface area contributed by atoms with Gasteiger partial charge >= 0.3 is 5.97 Å². The maximum absolute atomic E-state index is 11.2. The van der Waals surface area contributed by atoms with E-state index in [-0.39, 0.29) is 0 Å². The lowest BCUT2D eigenvalue weighted by atomic mass is 9.94. The number of hydrogen-bond acceptors (Lipinski definition) is 3. The molecule has 4 nitrogen and oxygen atoms in total. The molecule has 0 heterocycles. The van der Waals surface area contributed by atoms with Crippen LogP contribution >= 0.6 is 11.6 Å². The molecular weight excluding hydrogens is 254 g/mol. The first-order valence-electron chi connectivity index (χ1n) is 5.83. The number of methoxy groups -OCH3 is 1. The van der Waals surface area contributed by atoms with E-state index in [2.05, 4.69) is 0 Å². The number of carboxylic acids is 1. The van der Waals surface area contributed by atoms with Gasteiger partial charge in [-0.3, -0.25) is 4.79 Å². The van der Waals surface area contributed by atoms with E-state index in [0.717, 1.165) is 5.56 Å². The SMILES string of the molecule is COc1ccc(Cl)cc1CC(CCCN)C(=O)O. The van der Waals surface area contributed by atoms with Crippen LogP contribution in [0.15, 0.2) is 18.2 Å². The Hall–Kier alpha value is -1.26. The molecule has 0 radical (unpaired) electrons.